The molecule has 3 rings (SSSR count). The third-order valence-electron chi connectivity index (χ3n) is 4.49. The van der Waals surface area contributed by atoms with E-state index >= 15 is 0 Å². The lowest BCUT2D eigenvalue weighted by molar-refractivity contribution is 0.503. The van der Waals surface area contributed by atoms with Crippen LogP contribution >= 0.6 is 0 Å². The van der Waals surface area contributed by atoms with Crippen LogP contribution in [0.15, 0.2) is 17.7 Å². The summed E-state index contributed by atoms with van der Waals surface area (Å²) in [7, 11) is 1.85. The maximum atomic E-state index is 14.5. The van der Waals surface area contributed by atoms with Crippen LogP contribution in [0.3, 0.4) is 0 Å². The second-order valence-electron chi connectivity index (χ2n) is 6.02. The molecule has 2 aliphatic heterocycles. The monoisotopic (exact) mass is 301 g/mol. The van der Waals surface area contributed by atoms with E-state index in [0.29, 0.717) is 17.8 Å². The number of aliphatic hydroxyl groups is 1. The maximum Gasteiger partial charge on any atom is 0.147 e. The minimum atomic E-state index is -0.334. The zero-order valence-electron chi connectivity index (χ0n) is 12.8. The van der Waals surface area contributed by atoms with Gasteiger partial charge in [0, 0.05) is 25.7 Å². The Bertz CT molecular complexity index is 655. The summed E-state index contributed by atoms with van der Waals surface area (Å²) in [6.45, 7) is 2.08. The molecule has 0 atom stereocenters. The topological polar surface area (TPSA) is 50.5 Å². The molecule has 5 heteroatoms. The Morgan fingerprint density at radius 3 is 2.45 bits per heavy atom. The Morgan fingerprint density at radius 1 is 1.14 bits per heavy atom. The molecule has 1 N–H and O–H groups in total. The molecule has 1 aromatic carbocycles. The molecular formula is C17H20FN3O. The number of anilines is 2. The summed E-state index contributed by atoms with van der Waals surface area (Å²) in [5, 5.41) is 19.2. The van der Waals surface area contributed by atoms with E-state index in [1.165, 1.54) is 18.9 Å². The molecule has 4 nitrogen and oxygen atoms in total. The molecule has 0 aromatic heterocycles. The average molecular weight is 301 g/mol. The number of nitrogens with zero attached hydrogens (tertiary/aromatic N) is 3. The molecule has 2 heterocycles. The van der Waals surface area contributed by atoms with Crippen molar-refractivity contribution in [3.05, 3.63) is 29.1 Å². The lowest BCUT2D eigenvalue weighted by Gasteiger charge is -2.30. The van der Waals surface area contributed by atoms with Crippen LogP contribution in [0.5, 0.6) is 0 Å². The fourth-order valence-corrected chi connectivity index (χ4v) is 3.26. The van der Waals surface area contributed by atoms with Gasteiger partial charge in [0.05, 0.1) is 23.5 Å². The van der Waals surface area contributed by atoms with E-state index in [2.05, 4.69) is 4.90 Å². The minimum Gasteiger partial charge on any atom is -0.506 e. The molecule has 0 radical (unpaired) electrons. The van der Waals surface area contributed by atoms with Crippen LogP contribution in [0, 0.1) is 17.1 Å². The summed E-state index contributed by atoms with van der Waals surface area (Å²) in [4.78, 5) is 3.98. The van der Waals surface area contributed by atoms with E-state index in [9.17, 15) is 9.50 Å². The van der Waals surface area contributed by atoms with Gasteiger partial charge in [-0.1, -0.05) is 12.8 Å². The van der Waals surface area contributed by atoms with Gasteiger partial charge in [0.25, 0.3) is 0 Å². The number of halogens is 1. The highest BCUT2D eigenvalue weighted by Gasteiger charge is 2.25. The van der Waals surface area contributed by atoms with Crippen molar-refractivity contribution in [2.75, 3.05) is 36.5 Å². The smallest absolute Gasteiger partial charge is 0.147 e. The van der Waals surface area contributed by atoms with Crippen LogP contribution in [0.2, 0.25) is 0 Å². The second-order valence-corrected chi connectivity index (χ2v) is 6.02. The molecule has 0 unspecified atom stereocenters. The van der Waals surface area contributed by atoms with Crippen LogP contribution in [-0.4, -0.2) is 31.8 Å². The van der Waals surface area contributed by atoms with Crippen LogP contribution in [0.1, 0.15) is 31.2 Å². The van der Waals surface area contributed by atoms with Crippen molar-refractivity contribution in [2.45, 2.75) is 25.7 Å². The minimum absolute atomic E-state index is 0.100. The fourth-order valence-electron chi connectivity index (χ4n) is 3.26. The number of hydrogen-bond acceptors (Lipinski definition) is 4. The summed E-state index contributed by atoms with van der Waals surface area (Å²) in [5.74, 6) is -0.434. The van der Waals surface area contributed by atoms with E-state index in [0.717, 1.165) is 31.6 Å². The summed E-state index contributed by atoms with van der Waals surface area (Å²) < 4.78 is 14.5. The number of aliphatic hydroxyl groups excluding tert-OH is 1. The largest absolute Gasteiger partial charge is 0.506 e. The fraction of sp³-hybridized carbons (Fsp3) is 0.471. The van der Waals surface area contributed by atoms with Gasteiger partial charge >= 0.3 is 0 Å². The van der Waals surface area contributed by atoms with E-state index in [-0.39, 0.29) is 17.1 Å². The summed E-state index contributed by atoms with van der Waals surface area (Å²) in [6.07, 6.45) is 4.54. The highest BCUT2D eigenvalue weighted by Crippen LogP contribution is 2.37. The molecular weight excluding hydrogens is 281 g/mol. The number of nitriles is 1. The summed E-state index contributed by atoms with van der Waals surface area (Å²) >= 11 is 0. The van der Waals surface area contributed by atoms with Crippen molar-refractivity contribution in [3.8, 4) is 6.07 Å². The van der Waals surface area contributed by atoms with Gasteiger partial charge in [-0.05, 0) is 25.0 Å². The average Bonchev–Trinajstić information content (AvgIpc) is 2.79. The van der Waals surface area contributed by atoms with Gasteiger partial charge in [-0.25, -0.2) is 4.39 Å². The molecule has 1 aromatic rings. The first-order chi connectivity index (χ1) is 10.6. The number of likely N-dealkylation sites (N-methyl/N-ethyl adjacent to an activating group) is 1. The Balaban J connectivity index is 2.05. The highest BCUT2D eigenvalue weighted by atomic mass is 19.1. The number of rotatable bonds is 1. The Labute approximate surface area is 130 Å². The van der Waals surface area contributed by atoms with Gasteiger partial charge in [0.2, 0.25) is 0 Å². The van der Waals surface area contributed by atoms with Crippen LogP contribution in [0.25, 0.3) is 5.76 Å². The lowest BCUT2D eigenvalue weighted by atomic mass is 10.00. The second kappa shape index (κ2) is 5.88. The van der Waals surface area contributed by atoms with Crippen LogP contribution in [0.4, 0.5) is 15.8 Å². The quantitative estimate of drug-likeness (QED) is 0.863. The summed E-state index contributed by atoms with van der Waals surface area (Å²) in [6, 6.07) is 5.15. The molecule has 1 fully saturated rings. The first kappa shape index (κ1) is 14.7. The Kier molecular flexibility index (Phi) is 3.93. The standard InChI is InChI=1S/C17H20FN3O/c1-20-11-12(10-19)17(22)13-8-14(18)16(9-15(13)20)21-6-4-2-3-5-7-21/h8-9,22H,2-7,11H2,1H3. The number of benzene rings is 1. The molecule has 0 spiro atoms. The third kappa shape index (κ3) is 2.50. The zero-order valence-corrected chi connectivity index (χ0v) is 12.8. The van der Waals surface area contributed by atoms with Crippen molar-refractivity contribution >= 4 is 17.1 Å². The van der Waals surface area contributed by atoms with Crippen molar-refractivity contribution in [1.29, 1.82) is 5.26 Å². The SMILES string of the molecule is CN1CC(C#N)=C(O)c2cc(F)c(N3CCCCCC3)cc21. The molecule has 2 aliphatic rings. The van der Waals surface area contributed by atoms with E-state index in [4.69, 9.17) is 5.26 Å². The van der Waals surface area contributed by atoms with Gasteiger partial charge in [-0.15, -0.1) is 0 Å². The van der Waals surface area contributed by atoms with E-state index in [1.54, 1.807) is 6.07 Å². The summed E-state index contributed by atoms with van der Waals surface area (Å²) in [5.41, 5.74) is 2.05. The lowest BCUT2D eigenvalue weighted by Crippen LogP contribution is -2.28. The zero-order chi connectivity index (χ0) is 15.7. The Hall–Kier alpha value is -2.22. The van der Waals surface area contributed by atoms with Crippen molar-refractivity contribution in [2.24, 2.45) is 0 Å². The number of hydrogen-bond donors (Lipinski definition) is 1. The van der Waals surface area contributed by atoms with Gasteiger partial charge in [0.15, 0.2) is 0 Å². The van der Waals surface area contributed by atoms with Crippen molar-refractivity contribution < 1.29 is 9.50 Å². The molecule has 22 heavy (non-hydrogen) atoms. The molecule has 0 bridgehead atoms. The molecule has 0 aliphatic carbocycles. The predicted octanol–water partition coefficient (Wildman–Crippen LogP) is 3.45. The predicted molar refractivity (Wildman–Crippen MR) is 85.5 cm³/mol. The van der Waals surface area contributed by atoms with Crippen LogP contribution < -0.4 is 9.80 Å². The molecule has 1 saturated heterocycles. The van der Waals surface area contributed by atoms with Crippen molar-refractivity contribution in [1.82, 2.24) is 0 Å². The molecule has 0 saturated carbocycles. The van der Waals surface area contributed by atoms with Gasteiger partial charge in [0.1, 0.15) is 17.6 Å². The highest BCUT2D eigenvalue weighted by molar-refractivity contribution is 5.82. The van der Waals surface area contributed by atoms with Gasteiger partial charge in [-0.3, -0.25) is 0 Å². The van der Waals surface area contributed by atoms with E-state index in [1.807, 2.05) is 18.0 Å². The number of fused-ring (bicyclic) bond motifs is 1. The first-order valence-corrected chi connectivity index (χ1v) is 7.74. The van der Waals surface area contributed by atoms with Gasteiger partial charge < -0.3 is 14.9 Å². The van der Waals surface area contributed by atoms with Gasteiger partial charge in [-0.2, -0.15) is 5.26 Å². The maximum absolute atomic E-state index is 14.5. The normalized spacial score (nSPS) is 18.8. The van der Waals surface area contributed by atoms with E-state index < -0.39 is 0 Å². The van der Waals surface area contributed by atoms with Crippen molar-refractivity contribution in [3.63, 3.8) is 0 Å². The molecule has 0 amide bonds. The van der Waals surface area contributed by atoms with Crippen LogP contribution in [-0.2, 0) is 0 Å². The third-order valence-corrected chi connectivity index (χ3v) is 4.49. The first-order valence-electron chi connectivity index (χ1n) is 7.74. The Morgan fingerprint density at radius 2 is 1.82 bits per heavy atom. The molecule has 116 valence electrons.